The smallest absolute Gasteiger partial charge is 0.175 e. The summed E-state index contributed by atoms with van der Waals surface area (Å²) in [6, 6.07) is 21.7. The standard InChI is InChI=1S/C25H21ClINO2/c1-3-29-24-14-19(12-21(15-28)20-8-4-17(2)5-9-20)13-23(27)25(24)30-16-18-6-10-22(26)11-7-18/h4-14H,3,16H2,1-2H3. The Morgan fingerprint density at radius 1 is 1.07 bits per heavy atom. The Balaban J connectivity index is 1.90. The molecule has 0 aliphatic heterocycles. The summed E-state index contributed by atoms with van der Waals surface area (Å²) in [6.07, 6.45) is 1.87. The highest BCUT2D eigenvalue weighted by Crippen LogP contribution is 2.36. The van der Waals surface area contributed by atoms with Gasteiger partial charge in [0.25, 0.3) is 0 Å². The van der Waals surface area contributed by atoms with Crippen LogP contribution < -0.4 is 9.47 Å². The summed E-state index contributed by atoms with van der Waals surface area (Å²) < 4.78 is 12.8. The molecular formula is C25H21ClINO2. The van der Waals surface area contributed by atoms with Crippen LogP contribution in [0.4, 0.5) is 0 Å². The van der Waals surface area contributed by atoms with Gasteiger partial charge in [0, 0.05) is 5.02 Å². The van der Waals surface area contributed by atoms with Crippen LogP contribution in [-0.2, 0) is 6.61 Å². The quantitative estimate of drug-likeness (QED) is 0.183. The van der Waals surface area contributed by atoms with Gasteiger partial charge in [-0.25, -0.2) is 0 Å². The van der Waals surface area contributed by atoms with Gasteiger partial charge < -0.3 is 9.47 Å². The molecular weight excluding hydrogens is 509 g/mol. The predicted octanol–water partition coefficient (Wildman–Crippen LogP) is 7.29. The average Bonchev–Trinajstić information content (AvgIpc) is 2.73. The highest BCUT2D eigenvalue weighted by atomic mass is 127. The molecule has 0 amide bonds. The molecule has 0 heterocycles. The van der Waals surface area contributed by atoms with E-state index in [-0.39, 0.29) is 0 Å². The number of halogens is 2. The van der Waals surface area contributed by atoms with Crippen LogP contribution in [0.3, 0.4) is 0 Å². The maximum Gasteiger partial charge on any atom is 0.175 e. The molecule has 3 rings (SSSR count). The van der Waals surface area contributed by atoms with E-state index in [1.807, 2.05) is 80.6 Å². The second-order valence-electron chi connectivity index (χ2n) is 6.71. The summed E-state index contributed by atoms with van der Waals surface area (Å²) in [5.41, 5.74) is 4.56. The van der Waals surface area contributed by atoms with E-state index in [4.69, 9.17) is 21.1 Å². The summed E-state index contributed by atoms with van der Waals surface area (Å²) in [6.45, 7) is 4.89. The SMILES string of the molecule is CCOc1cc(C=C(C#N)c2ccc(C)cc2)cc(I)c1OCc1ccc(Cl)cc1. The first-order valence-electron chi connectivity index (χ1n) is 9.52. The van der Waals surface area contributed by atoms with E-state index in [0.717, 1.165) is 25.8 Å². The Morgan fingerprint density at radius 3 is 2.40 bits per heavy atom. The summed E-state index contributed by atoms with van der Waals surface area (Å²) in [5, 5.41) is 10.3. The fourth-order valence-corrected chi connectivity index (χ4v) is 3.80. The number of hydrogen-bond donors (Lipinski definition) is 0. The van der Waals surface area contributed by atoms with Crippen molar-refractivity contribution in [3.8, 4) is 17.6 Å². The Morgan fingerprint density at radius 2 is 1.77 bits per heavy atom. The number of nitrogens with zero attached hydrogens (tertiary/aromatic N) is 1. The van der Waals surface area contributed by atoms with E-state index in [0.29, 0.717) is 35.3 Å². The molecule has 0 spiro atoms. The number of rotatable bonds is 7. The van der Waals surface area contributed by atoms with Crippen LogP contribution in [0, 0.1) is 21.8 Å². The molecule has 0 aliphatic rings. The number of aryl methyl sites for hydroxylation is 1. The van der Waals surface area contributed by atoms with Gasteiger partial charge in [-0.3, -0.25) is 0 Å². The van der Waals surface area contributed by atoms with Crippen molar-refractivity contribution in [2.24, 2.45) is 0 Å². The maximum absolute atomic E-state index is 9.65. The van der Waals surface area contributed by atoms with Crippen molar-refractivity contribution in [1.82, 2.24) is 0 Å². The fraction of sp³-hybridized carbons (Fsp3) is 0.160. The molecule has 0 aromatic heterocycles. The van der Waals surface area contributed by atoms with Crippen molar-refractivity contribution in [3.63, 3.8) is 0 Å². The van der Waals surface area contributed by atoms with Gasteiger partial charge in [0.05, 0.1) is 21.8 Å². The van der Waals surface area contributed by atoms with Crippen LogP contribution in [0.25, 0.3) is 11.6 Å². The third-order valence-electron chi connectivity index (χ3n) is 4.42. The highest BCUT2D eigenvalue weighted by molar-refractivity contribution is 14.1. The fourth-order valence-electron chi connectivity index (χ4n) is 2.89. The van der Waals surface area contributed by atoms with E-state index in [2.05, 4.69) is 28.7 Å². The molecule has 30 heavy (non-hydrogen) atoms. The van der Waals surface area contributed by atoms with Gasteiger partial charge in [0.1, 0.15) is 6.61 Å². The van der Waals surface area contributed by atoms with Crippen LogP contribution in [0.5, 0.6) is 11.5 Å². The molecule has 3 nitrogen and oxygen atoms in total. The molecule has 0 N–H and O–H groups in total. The van der Waals surface area contributed by atoms with E-state index < -0.39 is 0 Å². The van der Waals surface area contributed by atoms with Gasteiger partial charge in [-0.05, 0) is 83.5 Å². The van der Waals surface area contributed by atoms with Crippen LogP contribution in [0.2, 0.25) is 5.02 Å². The Hall–Kier alpha value is -2.49. The zero-order valence-electron chi connectivity index (χ0n) is 16.8. The lowest BCUT2D eigenvalue weighted by atomic mass is 10.0. The minimum Gasteiger partial charge on any atom is -0.490 e. The van der Waals surface area contributed by atoms with E-state index >= 15 is 0 Å². The minimum absolute atomic E-state index is 0.412. The van der Waals surface area contributed by atoms with Gasteiger partial charge in [0.2, 0.25) is 0 Å². The lowest BCUT2D eigenvalue weighted by Gasteiger charge is -2.15. The second-order valence-corrected chi connectivity index (χ2v) is 8.31. The summed E-state index contributed by atoms with van der Waals surface area (Å²) in [7, 11) is 0. The van der Waals surface area contributed by atoms with E-state index in [1.165, 1.54) is 0 Å². The molecule has 3 aromatic carbocycles. The predicted molar refractivity (Wildman–Crippen MR) is 131 cm³/mol. The van der Waals surface area contributed by atoms with Crippen molar-refractivity contribution in [2.75, 3.05) is 6.61 Å². The maximum atomic E-state index is 9.65. The van der Waals surface area contributed by atoms with Crippen molar-refractivity contribution < 1.29 is 9.47 Å². The Kier molecular flexibility index (Phi) is 7.78. The lowest BCUT2D eigenvalue weighted by molar-refractivity contribution is 0.267. The normalized spacial score (nSPS) is 11.1. The molecule has 0 unspecified atom stereocenters. The largest absolute Gasteiger partial charge is 0.490 e. The van der Waals surface area contributed by atoms with Crippen molar-refractivity contribution in [3.05, 3.63) is 91.5 Å². The molecule has 0 radical (unpaired) electrons. The van der Waals surface area contributed by atoms with Gasteiger partial charge >= 0.3 is 0 Å². The van der Waals surface area contributed by atoms with Gasteiger partial charge in [-0.2, -0.15) is 5.26 Å². The zero-order chi connectivity index (χ0) is 21.5. The van der Waals surface area contributed by atoms with Crippen molar-refractivity contribution in [1.29, 1.82) is 5.26 Å². The number of allylic oxidation sites excluding steroid dienone is 1. The first kappa shape index (κ1) is 22.2. The van der Waals surface area contributed by atoms with Gasteiger partial charge in [-0.1, -0.05) is 53.6 Å². The summed E-state index contributed by atoms with van der Waals surface area (Å²) in [5.74, 6) is 1.35. The third kappa shape index (κ3) is 5.78. The lowest BCUT2D eigenvalue weighted by Crippen LogP contribution is -2.02. The summed E-state index contributed by atoms with van der Waals surface area (Å²) >= 11 is 8.19. The zero-order valence-corrected chi connectivity index (χ0v) is 19.7. The third-order valence-corrected chi connectivity index (χ3v) is 5.48. The first-order chi connectivity index (χ1) is 14.5. The van der Waals surface area contributed by atoms with Crippen molar-refractivity contribution >= 4 is 45.8 Å². The molecule has 152 valence electrons. The Labute approximate surface area is 196 Å². The number of ether oxygens (including phenoxy) is 2. The Bertz CT molecular complexity index is 1080. The second kappa shape index (κ2) is 10.5. The number of hydrogen-bond acceptors (Lipinski definition) is 3. The average molecular weight is 530 g/mol. The number of nitriles is 1. The van der Waals surface area contributed by atoms with Gasteiger partial charge in [0.15, 0.2) is 11.5 Å². The van der Waals surface area contributed by atoms with Crippen LogP contribution in [0.15, 0.2) is 60.7 Å². The van der Waals surface area contributed by atoms with Crippen molar-refractivity contribution in [2.45, 2.75) is 20.5 Å². The monoisotopic (exact) mass is 529 g/mol. The molecule has 0 saturated carbocycles. The van der Waals surface area contributed by atoms with Crippen LogP contribution in [-0.4, -0.2) is 6.61 Å². The topological polar surface area (TPSA) is 42.2 Å². The molecule has 0 aliphatic carbocycles. The molecule has 5 heteroatoms. The van der Waals surface area contributed by atoms with Gasteiger partial charge in [-0.15, -0.1) is 0 Å². The molecule has 0 saturated heterocycles. The highest BCUT2D eigenvalue weighted by Gasteiger charge is 2.13. The molecule has 0 fully saturated rings. The minimum atomic E-state index is 0.412. The summed E-state index contributed by atoms with van der Waals surface area (Å²) in [4.78, 5) is 0. The molecule has 3 aromatic rings. The number of benzene rings is 3. The van der Waals surface area contributed by atoms with E-state index in [1.54, 1.807) is 0 Å². The molecule has 0 atom stereocenters. The first-order valence-corrected chi connectivity index (χ1v) is 11.0. The van der Waals surface area contributed by atoms with E-state index in [9.17, 15) is 5.26 Å². The molecule has 0 bridgehead atoms. The van der Waals surface area contributed by atoms with Crippen LogP contribution >= 0.6 is 34.2 Å². The van der Waals surface area contributed by atoms with Crippen LogP contribution in [0.1, 0.15) is 29.2 Å².